The molecule has 1 amide bonds. The van der Waals surface area contributed by atoms with E-state index < -0.39 is 0 Å². The Morgan fingerprint density at radius 3 is 2.89 bits per heavy atom. The van der Waals surface area contributed by atoms with Crippen LogP contribution in [0.5, 0.6) is 5.75 Å². The van der Waals surface area contributed by atoms with Gasteiger partial charge in [0.2, 0.25) is 5.91 Å². The molecular weight excluding hydrogens is 237 g/mol. The number of rotatable bonds is 7. The van der Waals surface area contributed by atoms with Crippen LogP contribution in [0.4, 0.5) is 4.39 Å². The highest BCUT2D eigenvalue weighted by molar-refractivity contribution is 5.74. The standard InChI is InChI=1S/C13H18FNO3/c1-10(2)9-18-15-13(16)6-7-17-12-5-3-4-11(14)8-12/h3-5,8,10H,6-7,9H2,1-2H3,(H,15,16). The molecule has 0 aliphatic carbocycles. The molecule has 1 aromatic carbocycles. The first-order valence-corrected chi connectivity index (χ1v) is 5.87. The highest BCUT2D eigenvalue weighted by atomic mass is 19.1. The van der Waals surface area contributed by atoms with Crippen molar-refractivity contribution in [2.45, 2.75) is 20.3 Å². The van der Waals surface area contributed by atoms with Gasteiger partial charge in [-0.25, -0.2) is 9.87 Å². The molecule has 4 nitrogen and oxygen atoms in total. The van der Waals surface area contributed by atoms with E-state index >= 15 is 0 Å². The number of hydroxylamine groups is 1. The van der Waals surface area contributed by atoms with Gasteiger partial charge in [0.1, 0.15) is 11.6 Å². The van der Waals surface area contributed by atoms with Crippen LogP contribution in [0.2, 0.25) is 0 Å². The second-order valence-corrected chi connectivity index (χ2v) is 4.29. The number of nitrogens with one attached hydrogen (secondary N) is 1. The summed E-state index contributed by atoms with van der Waals surface area (Å²) in [6, 6.07) is 5.79. The zero-order valence-electron chi connectivity index (χ0n) is 10.6. The fourth-order valence-corrected chi connectivity index (χ4v) is 1.16. The van der Waals surface area contributed by atoms with Crippen molar-refractivity contribution in [2.75, 3.05) is 13.2 Å². The summed E-state index contributed by atoms with van der Waals surface area (Å²) in [7, 11) is 0. The van der Waals surface area contributed by atoms with Gasteiger partial charge in [0.25, 0.3) is 0 Å². The molecule has 18 heavy (non-hydrogen) atoms. The Kier molecular flexibility index (Phi) is 6.14. The molecule has 0 aromatic heterocycles. The Morgan fingerprint density at radius 2 is 2.22 bits per heavy atom. The van der Waals surface area contributed by atoms with Gasteiger partial charge in [0.15, 0.2) is 0 Å². The highest BCUT2D eigenvalue weighted by Crippen LogP contribution is 2.11. The van der Waals surface area contributed by atoms with Gasteiger partial charge in [0.05, 0.1) is 19.6 Å². The summed E-state index contributed by atoms with van der Waals surface area (Å²) in [5.41, 5.74) is 2.32. The Bertz CT molecular complexity index is 382. The number of benzene rings is 1. The molecule has 100 valence electrons. The molecule has 0 unspecified atom stereocenters. The van der Waals surface area contributed by atoms with Crippen LogP contribution in [0.15, 0.2) is 24.3 Å². The molecule has 0 radical (unpaired) electrons. The molecule has 1 aromatic rings. The monoisotopic (exact) mass is 255 g/mol. The van der Waals surface area contributed by atoms with E-state index in [-0.39, 0.29) is 24.8 Å². The van der Waals surface area contributed by atoms with Gasteiger partial charge in [0, 0.05) is 6.07 Å². The Labute approximate surface area is 106 Å². The van der Waals surface area contributed by atoms with Crippen molar-refractivity contribution in [3.05, 3.63) is 30.1 Å². The minimum Gasteiger partial charge on any atom is -0.493 e. The van der Waals surface area contributed by atoms with Crippen molar-refractivity contribution < 1.29 is 18.8 Å². The van der Waals surface area contributed by atoms with Gasteiger partial charge in [-0.05, 0) is 18.1 Å². The number of hydrogen-bond acceptors (Lipinski definition) is 3. The van der Waals surface area contributed by atoms with E-state index in [1.807, 2.05) is 13.8 Å². The number of amides is 1. The van der Waals surface area contributed by atoms with Crippen LogP contribution in [0.25, 0.3) is 0 Å². The van der Waals surface area contributed by atoms with Gasteiger partial charge in [-0.3, -0.25) is 9.63 Å². The molecule has 1 rings (SSSR count). The second-order valence-electron chi connectivity index (χ2n) is 4.29. The summed E-state index contributed by atoms with van der Waals surface area (Å²) < 4.78 is 18.0. The molecule has 0 aliphatic heterocycles. The third-order valence-electron chi connectivity index (χ3n) is 2.00. The van der Waals surface area contributed by atoms with Gasteiger partial charge >= 0.3 is 0 Å². The Hall–Kier alpha value is -1.62. The molecule has 5 heteroatoms. The summed E-state index contributed by atoms with van der Waals surface area (Å²) in [5, 5.41) is 0. The van der Waals surface area contributed by atoms with Gasteiger partial charge in [-0.1, -0.05) is 19.9 Å². The lowest BCUT2D eigenvalue weighted by molar-refractivity contribution is -0.134. The van der Waals surface area contributed by atoms with E-state index in [1.165, 1.54) is 12.1 Å². The van der Waals surface area contributed by atoms with Crippen LogP contribution in [-0.2, 0) is 9.63 Å². The van der Waals surface area contributed by atoms with E-state index in [0.717, 1.165) is 0 Å². The molecule has 0 heterocycles. The lowest BCUT2D eigenvalue weighted by Crippen LogP contribution is -2.26. The van der Waals surface area contributed by atoms with Crippen molar-refractivity contribution in [3.8, 4) is 5.75 Å². The van der Waals surface area contributed by atoms with E-state index in [2.05, 4.69) is 5.48 Å². The van der Waals surface area contributed by atoms with E-state index in [1.54, 1.807) is 12.1 Å². The first kappa shape index (κ1) is 14.4. The van der Waals surface area contributed by atoms with Crippen molar-refractivity contribution in [1.29, 1.82) is 0 Å². The summed E-state index contributed by atoms with van der Waals surface area (Å²) >= 11 is 0. The van der Waals surface area contributed by atoms with Crippen LogP contribution in [-0.4, -0.2) is 19.1 Å². The summed E-state index contributed by atoms with van der Waals surface area (Å²) in [6.07, 6.45) is 0.161. The average Bonchev–Trinajstić information content (AvgIpc) is 2.28. The van der Waals surface area contributed by atoms with E-state index in [0.29, 0.717) is 18.3 Å². The maximum absolute atomic E-state index is 12.8. The fraction of sp³-hybridized carbons (Fsp3) is 0.462. The molecule has 0 aliphatic rings. The summed E-state index contributed by atoms with van der Waals surface area (Å²) in [6.45, 7) is 4.62. The lowest BCUT2D eigenvalue weighted by atomic mass is 10.2. The van der Waals surface area contributed by atoms with Gasteiger partial charge in [-0.2, -0.15) is 0 Å². The second kappa shape index (κ2) is 7.66. The third-order valence-corrected chi connectivity index (χ3v) is 2.00. The Balaban J connectivity index is 2.15. The molecule has 0 saturated heterocycles. The molecule has 0 atom stereocenters. The first-order valence-electron chi connectivity index (χ1n) is 5.87. The van der Waals surface area contributed by atoms with Gasteiger partial charge in [-0.15, -0.1) is 0 Å². The fourth-order valence-electron chi connectivity index (χ4n) is 1.16. The number of halogens is 1. The maximum Gasteiger partial charge on any atom is 0.246 e. The minimum atomic E-state index is -0.364. The zero-order chi connectivity index (χ0) is 13.4. The van der Waals surface area contributed by atoms with Crippen molar-refractivity contribution in [2.24, 2.45) is 5.92 Å². The summed E-state index contributed by atoms with van der Waals surface area (Å²) in [5.74, 6) is 0.143. The van der Waals surface area contributed by atoms with Crippen molar-refractivity contribution in [1.82, 2.24) is 5.48 Å². The molecule has 0 spiro atoms. The van der Waals surface area contributed by atoms with Crippen LogP contribution < -0.4 is 10.2 Å². The van der Waals surface area contributed by atoms with E-state index in [9.17, 15) is 9.18 Å². The topological polar surface area (TPSA) is 47.6 Å². The smallest absolute Gasteiger partial charge is 0.246 e. The van der Waals surface area contributed by atoms with Crippen LogP contribution in [0.3, 0.4) is 0 Å². The summed E-state index contributed by atoms with van der Waals surface area (Å²) in [4.78, 5) is 16.3. The molecule has 1 N–H and O–H groups in total. The molecule has 0 fully saturated rings. The molecular formula is C13H18FNO3. The third kappa shape index (κ3) is 6.20. The number of hydrogen-bond donors (Lipinski definition) is 1. The normalized spacial score (nSPS) is 10.4. The van der Waals surface area contributed by atoms with Crippen molar-refractivity contribution >= 4 is 5.91 Å². The number of ether oxygens (including phenoxy) is 1. The number of carbonyl (C=O) groups excluding carboxylic acids is 1. The molecule has 0 saturated carbocycles. The zero-order valence-corrected chi connectivity index (χ0v) is 10.6. The first-order chi connectivity index (χ1) is 8.58. The van der Waals surface area contributed by atoms with Crippen LogP contribution >= 0.6 is 0 Å². The quantitative estimate of drug-likeness (QED) is 0.760. The van der Waals surface area contributed by atoms with Gasteiger partial charge < -0.3 is 4.74 Å². The van der Waals surface area contributed by atoms with Crippen LogP contribution in [0.1, 0.15) is 20.3 Å². The predicted octanol–water partition coefficient (Wildman–Crippen LogP) is 2.30. The molecule has 0 bridgehead atoms. The SMILES string of the molecule is CC(C)CONC(=O)CCOc1cccc(F)c1. The largest absolute Gasteiger partial charge is 0.493 e. The maximum atomic E-state index is 12.8. The van der Waals surface area contributed by atoms with Crippen molar-refractivity contribution in [3.63, 3.8) is 0 Å². The number of carbonyl (C=O) groups is 1. The lowest BCUT2D eigenvalue weighted by Gasteiger charge is -2.08. The average molecular weight is 255 g/mol. The van der Waals surface area contributed by atoms with Crippen LogP contribution in [0, 0.1) is 11.7 Å². The highest BCUT2D eigenvalue weighted by Gasteiger charge is 2.03. The Morgan fingerprint density at radius 1 is 1.44 bits per heavy atom. The predicted molar refractivity (Wildman–Crippen MR) is 65.4 cm³/mol. The van der Waals surface area contributed by atoms with E-state index in [4.69, 9.17) is 9.57 Å². The minimum absolute atomic E-state index is 0.161.